The van der Waals surface area contributed by atoms with E-state index in [0.29, 0.717) is 0 Å². The monoisotopic (exact) mass is 208 g/mol. The van der Waals surface area contributed by atoms with Crippen molar-refractivity contribution in [3.05, 3.63) is 30.1 Å². The molecule has 3 heteroatoms. The van der Waals surface area contributed by atoms with E-state index in [4.69, 9.17) is 0 Å². The van der Waals surface area contributed by atoms with Crippen LogP contribution in [0.4, 0.5) is 10.1 Å². The Morgan fingerprint density at radius 2 is 2.00 bits per heavy atom. The number of hydrogen-bond donors (Lipinski definition) is 1. The van der Waals surface area contributed by atoms with E-state index < -0.39 is 0 Å². The van der Waals surface area contributed by atoms with Gasteiger partial charge in [-0.25, -0.2) is 4.39 Å². The Morgan fingerprint density at radius 1 is 1.33 bits per heavy atom. The van der Waals surface area contributed by atoms with Gasteiger partial charge in [-0.3, -0.25) is 0 Å². The third-order valence-corrected chi connectivity index (χ3v) is 2.72. The molecule has 0 unspecified atom stereocenters. The molecule has 1 aliphatic carbocycles. The van der Waals surface area contributed by atoms with Crippen LogP contribution >= 0.6 is 0 Å². The van der Waals surface area contributed by atoms with Crippen molar-refractivity contribution >= 4 is 5.69 Å². The van der Waals surface area contributed by atoms with Crippen LogP contribution in [0.15, 0.2) is 24.3 Å². The van der Waals surface area contributed by atoms with E-state index in [0.717, 1.165) is 24.8 Å². The number of benzene rings is 1. The van der Waals surface area contributed by atoms with Crippen LogP contribution in [0.25, 0.3) is 0 Å². The fourth-order valence-electron chi connectivity index (χ4n) is 1.55. The lowest BCUT2D eigenvalue weighted by Crippen LogP contribution is -2.30. The lowest BCUT2D eigenvalue weighted by Gasteiger charge is -2.19. The molecule has 1 saturated carbocycles. The lowest BCUT2D eigenvalue weighted by molar-refractivity contribution is 0.627. The molecular weight excluding hydrogens is 191 g/mol. The Kier molecular flexibility index (Phi) is 3.21. The third-order valence-electron chi connectivity index (χ3n) is 2.72. The van der Waals surface area contributed by atoms with Crippen molar-refractivity contribution in [3.63, 3.8) is 0 Å². The first kappa shape index (κ1) is 10.4. The summed E-state index contributed by atoms with van der Waals surface area (Å²) >= 11 is 0. The molecule has 0 radical (unpaired) electrons. The van der Waals surface area contributed by atoms with Crippen LogP contribution in [0.1, 0.15) is 12.8 Å². The molecule has 1 aromatic rings. The standard InChI is InChI=1S/C12H17FN2/c1-15(9-8-14-11-4-5-11)12-6-2-10(13)3-7-12/h2-3,6-7,11,14H,4-5,8-9H2,1H3. The van der Waals surface area contributed by atoms with Gasteiger partial charge in [-0.2, -0.15) is 0 Å². The molecule has 15 heavy (non-hydrogen) atoms. The summed E-state index contributed by atoms with van der Waals surface area (Å²) in [5.41, 5.74) is 1.06. The summed E-state index contributed by atoms with van der Waals surface area (Å²) in [6.07, 6.45) is 2.64. The Bertz CT molecular complexity index is 306. The van der Waals surface area contributed by atoms with Gasteiger partial charge < -0.3 is 10.2 Å². The Morgan fingerprint density at radius 3 is 2.60 bits per heavy atom. The van der Waals surface area contributed by atoms with Crippen molar-refractivity contribution in [2.75, 3.05) is 25.0 Å². The number of likely N-dealkylation sites (N-methyl/N-ethyl adjacent to an activating group) is 1. The number of hydrogen-bond acceptors (Lipinski definition) is 2. The van der Waals surface area contributed by atoms with Gasteiger partial charge in [-0.1, -0.05) is 0 Å². The summed E-state index contributed by atoms with van der Waals surface area (Å²) in [5.74, 6) is -0.178. The minimum atomic E-state index is -0.178. The van der Waals surface area contributed by atoms with Crippen molar-refractivity contribution in [1.29, 1.82) is 0 Å². The number of anilines is 1. The smallest absolute Gasteiger partial charge is 0.123 e. The molecule has 0 spiro atoms. The molecule has 0 aromatic heterocycles. The zero-order valence-corrected chi connectivity index (χ0v) is 9.04. The van der Waals surface area contributed by atoms with Gasteiger partial charge in [0.1, 0.15) is 5.82 Å². The molecule has 0 bridgehead atoms. The Labute approximate surface area is 90.1 Å². The van der Waals surface area contributed by atoms with Crippen molar-refractivity contribution in [1.82, 2.24) is 5.32 Å². The molecule has 2 rings (SSSR count). The molecular formula is C12H17FN2. The highest BCUT2D eigenvalue weighted by Crippen LogP contribution is 2.18. The van der Waals surface area contributed by atoms with Crippen molar-refractivity contribution in [2.24, 2.45) is 0 Å². The first-order chi connectivity index (χ1) is 7.25. The quantitative estimate of drug-likeness (QED) is 0.796. The molecule has 2 nitrogen and oxygen atoms in total. The molecule has 0 atom stereocenters. The predicted molar refractivity (Wildman–Crippen MR) is 60.7 cm³/mol. The molecule has 1 aromatic carbocycles. The van der Waals surface area contributed by atoms with Crippen molar-refractivity contribution in [3.8, 4) is 0 Å². The molecule has 0 aliphatic heterocycles. The molecule has 1 fully saturated rings. The van der Waals surface area contributed by atoms with E-state index >= 15 is 0 Å². The second kappa shape index (κ2) is 4.62. The van der Waals surface area contributed by atoms with Crippen LogP contribution in [0.5, 0.6) is 0 Å². The summed E-state index contributed by atoms with van der Waals surface area (Å²) < 4.78 is 12.7. The largest absolute Gasteiger partial charge is 0.373 e. The van der Waals surface area contributed by atoms with E-state index in [1.54, 1.807) is 0 Å². The highest BCUT2D eigenvalue weighted by molar-refractivity contribution is 5.45. The van der Waals surface area contributed by atoms with E-state index in [-0.39, 0.29) is 5.82 Å². The van der Waals surface area contributed by atoms with Gasteiger partial charge in [0.15, 0.2) is 0 Å². The van der Waals surface area contributed by atoms with Crippen LogP contribution in [0, 0.1) is 5.82 Å². The number of halogens is 1. The number of rotatable bonds is 5. The first-order valence-electron chi connectivity index (χ1n) is 5.46. The fourth-order valence-corrected chi connectivity index (χ4v) is 1.55. The molecule has 0 amide bonds. The summed E-state index contributed by atoms with van der Waals surface area (Å²) in [4.78, 5) is 2.13. The second-order valence-electron chi connectivity index (χ2n) is 4.13. The van der Waals surface area contributed by atoms with Crippen LogP contribution in [-0.2, 0) is 0 Å². The fraction of sp³-hybridized carbons (Fsp3) is 0.500. The van der Waals surface area contributed by atoms with Gasteiger partial charge in [0.2, 0.25) is 0 Å². The van der Waals surface area contributed by atoms with Gasteiger partial charge in [-0.05, 0) is 37.1 Å². The van der Waals surface area contributed by atoms with Crippen LogP contribution < -0.4 is 10.2 Å². The predicted octanol–water partition coefficient (Wildman–Crippen LogP) is 2.01. The second-order valence-corrected chi connectivity index (χ2v) is 4.13. The molecule has 0 heterocycles. The van der Waals surface area contributed by atoms with Gasteiger partial charge >= 0.3 is 0 Å². The summed E-state index contributed by atoms with van der Waals surface area (Å²) in [6.45, 7) is 1.96. The zero-order chi connectivity index (χ0) is 10.7. The maximum Gasteiger partial charge on any atom is 0.123 e. The minimum absolute atomic E-state index is 0.178. The third kappa shape index (κ3) is 3.20. The normalized spacial score (nSPS) is 15.3. The van der Waals surface area contributed by atoms with Gasteiger partial charge in [-0.15, -0.1) is 0 Å². The van der Waals surface area contributed by atoms with E-state index in [1.165, 1.54) is 25.0 Å². The highest BCUT2D eigenvalue weighted by atomic mass is 19.1. The average molecular weight is 208 g/mol. The maximum absolute atomic E-state index is 12.7. The summed E-state index contributed by atoms with van der Waals surface area (Å²) in [5, 5.41) is 3.45. The maximum atomic E-state index is 12.7. The number of nitrogens with zero attached hydrogens (tertiary/aromatic N) is 1. The highest BCUT2D eigenvalue weighted by Gasteiger charge is 2.19. The van der Waals surface area contributed by atoms with E-state index in [2.05, 4.69) is 10.2 Å². The SMILES string of the molecule is CN(CCNC1CC1)c1ccc(F)cc1. The van der Waals surface area contributed by atoms with Gasteiger partial charge in [0.25, 0.3) is 0 Å². The minimum Gasteiger partial charge on any atom is -0.373 e. The topological polar surface area (TPSA) is 15.3 Å². The van der Waals surface area contributed by atoms with Gasteiger partial charge in [0, 0.05) is 31.9 Å². The molecule has 1 aliphatic rings. The van der Waals surface area contributed by atoms with Crippen LogP contribution in [0.2, 0.25) is 0 Å². The van der Waals surface area contributed by atoms with E-state index in [1.807, 2.05) is 19.2 Å². The molecule has 82 valence electrons. The lowest BCUT2D eigenvalue weighted by atomic mass is 10.3. The Balaban J connectivity index is 1.78. The molecule has 1 N–H and O–H groups in total. The summed E-state index contributed by atoms with van der Waals surface area (Å²) in [6, 6.07) is 7.38. The summed E-state index contributed by atoms with van der Waals surface area (Å²) in [7, 11) is 2.03. The average Bonchev–Trinajstić information content (AvgIpc) is 3.02. The van der Waals surface area contributed by atoms with Crippen LogP contribution in [-0.4, -0.2) is 26.2 Å². The van der Waals surface area contributed by atoms with Crippen LogP contribution in [0.3, 0.4) is 0 Å². The van der Waals surface area contributed by atoms with E-state index in [9.17, 15) is 4.39 Å². The van der Waals surface area contributed by atoms with Crippen molar-refractivity contribution in [2.45, 2.75) is 18.9 Å². The Hall–Kier alpha value is -1.09. The van der Waals surface area contributed by atoms with Crippen molar-refractivity contribution < 1.29 is 4.39 Å². The number of nitrogens with one attached hydrogen (secondary N) is 1. The van der Waals surface area contributed by atoms with Gasteiger partial charge in [0.05, 0.1) is 0 Å². The molecule has 0 saturated heterocycles. The zero-order valence-electron chi connectivity index (χ0n) is 9.04. The first-order valence-corrected chi connectivity index (χ1v) is 5.46.